The Bertz CT molecular complexity index is 705. The minimum absolute atomic E-state index is 0.230. The number of amides is 1. The van der Waals surface area contributed by atoms with Crippen LogP contribution >= 0.6 is 0 Å². The smallest absolute Gasteiger partial charge is 0.277 e. The van der Waals surface area contributed by atoms with Gasteiger partial charge in [-0.25, -0.2) is 0 Å². The van der Waals surface area contributed by atoms with Crippen LogP contribution in [0, 0.1) is 0 Å². The fourth-order valence-corrected chi connectivity index (χ4v) is 2.94. The lowest BCUT2D eigenvalue weighted by Crippen LogP contribution is -2.29. The fraction of sp³-hybridized carbons (Fsp3) is 0.500. The molecule has 0 radical (unpaired) electrons. The first-order chi connectivity index (χ1) is 12.1. The highest BCUT2D eigenvalue weighted by atomic mass is 16.2. The van der Waals surface area contributed by atoms with Gasteiger partial charge >= 0.3 is 0 Å². The average molecular weight is 342 g/mol. The first kappa shape index (κ1) is 17.4. The van der Waals surface area contributed by atoms with Crippen molar-refractivity contribution in [3.63, 3.8) is 0 Å². The van der Waals surface area contributed by atoms with Crippen LogP contribution in [0.5, 0.6) is 0 Å². The number of rotatable bonds is 6. The van der Waals surface area contributed by atoms with Gasteiger partial charge in [-0.15, -0.1) is 5.10 Å². The Morgan fingerprint density at radius 3 is 2.80 bits per heavy atom. The molecule has 0 bridgehead atoms. The van der Waals surface area contributed by atoms with Gasteiger partial charge in [-0.1, -0.05) is 11.3 Å². The predicted molar refractivity (Wildman–Crippen MR) is 99.0 cm³/mol. The Balaban J connectivity index is 1.62. The molecule has 0 atom stereocenters. The maximum atomic E-state index is 12.4. The summed E-state index contributed by atoms with van der Waals surface area (Å²) < 4.78 is 1.69. The molecule has 1 aromatic carbocycles. The number of nitrogens with zero attached hydrogens (tertiary/aromatic N) is 5. The van der Waals surface area contributed by atoms with Crippen molar-refractivity contribution >= 4 is 17.3 Å². The molecule has 0 unspecified atom stereocenters. The molecule has 134 valence electrons. The molecule has 1 N–H and O–H groups in total. The van der Waals surface area contributed by atoms with Crippen LogP contribution in [-0.2, 0) is 6.54 Å². The van der Waals surface area contributed by atoms with Gasteiger partial charge in [-0.2, -0.15) is 0 Å². The topological polar surface area (TPSA) is 66.3 Å². The van der Waals surface area contributed by atoms with Crippen molar-refractivity contribution in [1.82, 2.24) is 19.9 Å². The van der Waals surface area contributed by atoms with Crippen molar-refractivity contribution in [2.75, 3.05) is 43.9 Å². The minimum atomic E-state index is -0.230. The van der Waals surface area contributed by atoms with Crippen molar-refractivity contribution in [2.24, 2.45) is 0 Å². The molecule has 2 aromatic rings. The number of carbonyl (C=O) groups is 1. The van der Waals surface area contributed by atoms with Crippen molar-refractivity contribution in [2.45, 2.75) is 25.8 Å². The van der Waals surface area contributed by atoms with E-state index in [1.807, 2.05) is 32.3 Å². The Hall–Kier alpha value is -2.41. The van der Waals surface area contributed by atoms with Gasteiger partial charge in [0.1, 0.15) is 0 Å². The van der Waals surface area contributed by atoms with E-state index >= 15 is 0 Å². The Kier molecular flexibility index (Phi) is 5.65. The van der Waals surface area contributed by atoms with Gasteiger partial charge in [0, 0.05) is 31.0 Å². The van der Waals surface area contributed by atoms with Crippen molar-refractivity contribution in [3.05, 3.63) is 36.2 Å². The van der Waals surface area contributed by atoms with Crippen LogP contribution in [0.4, 0.5) is 11.4 Å². The van der Waals surface area contributed by atoms with E-state index in [9.17, 15) is 4.79 Å². The third-order valence-electron chi connectivity index (χ3n) is 4.37. The molecule has 25 heavy (non-hydrogen) atoms. The summed E-state index contributed by atoms with van der Waals surface area (Å²) in [5.74, 6) is -0.230. The maximum absolute atomic E-state index is 12.4. The molecule has 1 aliphatic heterocycles. The van der Waals surface area contributed by atoms with Crippen LogP contribution in [0.25, 0.3) is 0 Å². The van der Waals surface area contributed by atoms with Gasteiger partial charge < -0.3 is 15.1 Å². The lowest BCUT2D eigenvalue weighted by atomic mass is 10.1. The quantitative estimate of drug-likeness (QED) is 0.871. The molecule has 1 aliphatic rings. The van der Waals surface area contributed by atoms with Crippen LogP contribution in [0.3, 0.4) is 0 Å². The van der Waals surface area contributed by atoms with E-state index in [1.54, 1.807) is 10.9 Å². The summed E-state index contributed by atoms with van der Waals surface area (Å²) in [6.45, 7) is 3.72. The van der Waals surface area contributed by atoms with E-state index in [0.717, 1.165) is 31.0 Å². The average Bonchev–Trinajstić information content (AvgIpc) is 3.10. The molecular formula is C18H26N6O. The normalized spacial score (nSPS) is 14.8. The van der Waals surface area contributed by atoms with E-state index in [0.29, 0.717) is 12.2 Å². The van der Waals surface area contributed by atoms with Crippen LogP contribution in [-0.4, -0.2) is 59.5 Å². The number of hydrogen-bond acceptors (Lipinski definition) is 5. The van der Waals surface area contributed by atoms with Crippen LogP contribution < -0.4 is 10.2 Å². The SMILES string of the molecule is CN(C)CCn1cc(C(=O)Nc2cccc(N3CCCCC3)c2)nn1. The highest BCUT2D eigenvalue weighted by molar-refractivity contribution is 6.02. The molecule has 1 amide bonds. The summed E-state index contributed by atoms with van der Waals surface area (Å²) in [5.41, 5.74) is 2.28. The largest absolute Gasteiger partial charge is 0.371 e. The number of carbonyl (C=O) groups excluding carboxylic acids is 1. The number of benzene rings is 1. The number of likely N-dealkylation sites (N-methyl/N-ethyl adjacent to an activating group) is 1. The first-order valence-electron chi connectivity index (χ1n) is 8.83. The molecule has 1 fully saturated rings. The van der Waals surface area contributed by atoms with Gasteiger partial charge in [0.25, 0.3) is 5.91 Å². The summed E-state index contributed by atoms with van der Waals surface area (Å²) >= 11 is 0. The first-order valence-corrected chi connectivity index (χ1v) is 8.83. The molecule has 0 aliphatic carbocycles. The van der Waals surface area contributed by atoms with E-state index in [-0.39, 0.29) is 5.91 Å². The number of nitrogens with one attached hydrogen (secondary N) is 1. The molecular weight excluding hydrogens is 316 g/mol. The zero-order chi connectivity index (χ0) is 17.6. The highest BCUT2D eigenvalue weighted by Gasteiger charge is 2.14. The maximum Gasteiger partial charge on any atom is 0.277 e. The number of piperidine rings is 1. The molecule has 1 aromatic heterocycles. The molecule has 3 rings (SSSR count). The second kappa shape index (κ2) is 8.11. The Morgan fingerprint density at radius 1 is 1.24 bits per heavy atom. The fourth-order valence-electron chi connectivity index (χ4n) is 2.94. The van der Waals surface area contributed by atoms with E-state index in [1.165, 1.54) is 19.3 Å². The predicted octanol–water partition coefficient (Wildman–Crippen LogP) is 2.08. The van der Waals surface area contributed by atoms with Crippen molar-refractivity contribution in [1.29, 1.82) is 0 Å². The molecule has 2 heterocycles. The summed E-state index contributed by atoms with van der Waals surface area (Å²) in [6, 6.07) is 8.01. The van der Waals surface area contributed by atoms with E-state index in [4.69, 9.17) is 0 Å². The summed E-state index contributed by atoms with van der Waals surface area (Å²) in [5, 5.41) is 10.9. The van der Waals surface area contributed by atoms with E-state index in [2.05, 4.69) is 31.5 Å². The van der Waals surface area contributed by atoms with E-state index < -0.39 is 0 Å². The molecule has 0 saturated carbocycles. The van der Waals surface area contributed by atoms with Crippen molar-refractivity contribution in [3.8, 4) is 0 Å². The third kappa shape index (κ3) is 4.79. The van der Waals surface area contributed by atoms with Gasteiger partial charge in [0.05, 0.1) is 12.7 Å². The lowest BCUT2D eigenvalue weighted by molar-refractivity contribution is 0.102. The Labute approximate surface area is 148 Å². The summed E-state index contributed by atoms with van der Waals surface area (Å²) in [6.07, 6.45) is 5.45. The lowest BCUT2D eigenvalue weighted by Gasteiger charge is -2.29. The van der Waals surface area contributed by atoms with Crippen LogP contribution in [0.2, 0.25) is 0 Å². The minimum Gasteiger partial charge on any atom is -0.371 e. The second-order valence-corrected chi connectivity index (χ2v) is 6.72. The van der Waals surface area contributed by atoms with Crippen molar-refractivity contribution < 1.29 is 4.79 Å². The molecule has 7 nitrogen and oxygen atoms in total. The Morgan fingerprint density at radius 2 is 2.04 bits per heavy atom. The zero-order valence-electron chi connectivity index (χ0n) is 15.0. The molecule has 1 saturated heterocycles. The standard InChI is InChI=1S/C18H26N6O/c1-22(2)11-12-24-14-17(20-21-24)18(25)19-15-7-6-8-16(13-15)23-9-4-3-5-10-23/h6-8,13-14H,3-5,9-12H2,1-2H3,(H,19,25). The van der Waals surface area contributed by atoms with Crippen LogP contribution in [0.15, 0.2) is 30.5 Å². The second-order valence-electron chi connectivity index (χ2n) is 6.72. The third-order valence-corrected chi connectivity index (χ3v) is 4.37. The summed E-state index contributed by atoms with van der Waals surface area (Å²) in [7, 11) is 4.00. The number of aromatic nitrogens is 3. The van der Waals surface area contributed by atoms with Gasteiger partial charge in [-0.3, -0.25) is 9.48 Å². The number of anilines is 2. The summed E-state index contributed by atoms with van der Waals surface area (Å²) in [4.78, 5) is 16.8. The number of hydrogen-bond donors (Lipinski definition) is 1. The highest BCUT2D eigenvalue weighted by Crippen LogP contribution is 2.23. The molecule has 0 spiro atoms. The van der Waals surface area contributed by atoms with Gasteiger partial charge in [-0.05, 0) is 51.6 Å². The molecule has 7 heteroatoms. The zero-order valence-corrected chi connectivity index (χ0v) is 15.0. The van der Waals surface area contributed by atoms with Gasteiger partial charge in [0.2, 0.25) is 0 Å². The van der Waals surface area contributed by atoms with Crippen LogP contribution in [0.1, 0.15) is 29.8 Å². The monoisotopic (exact) mass is 342 g/mol. The van der Waals surface area contributed by atoms with Gasteiger partial charge in [0.15, 0.2) is 5.69 Å².